The van der Waals surface area contributed by atoms with E-state index in [2.05, 4.69) is 4.74 Å². The fraction of sp³-hybridized carbons (Fsp3) is 0.250. The highest BCUT2D eigenvalue weighted by Crippen LogP contribution is 2.53. The maximum atomic E-state index is 13.1. The van der Waals surface area contributed by atoms with Gasteiger partial charge < -0.3 is 9.47 Å². The number of ether oxygens (including phenoxy) is 2. The van der Waals surface area contributed by atoms with Crippen molar-refractivity contribution < 1.29 is 36.5 Å². The van der Waals surface area contributed by atoms with Crippen LogP contribution in [0.4, 0.5) is 13.2 Å². The number of carbonyl (C=O) groups excluding carboxylic acids is 1. The lowest BCUT2D eigenvalue weighted by Gasteiger charge is -2.34. The van der Waals surface area contributed by atoms with Crippen molar-refractivity contribution in [3.63, 3.8) is 0 Å². The van der Waals surface area contributed by atoms with Crippen LogP contribution in [0.25, 0.3) is 10.9 Å². The van der Waals surface area contributed by atoms with E-state index in [0.717, 1.165) is 22.2 Å². The number of halogens is 3. The van der Waals surface area contributed by atoms with Gasteiger partial charge in [0.2, 0.25) is 0 Å². The summed E-state index contributed by atoms with van der Waals surface area (Å²) in [6, 6.07) is 8.79. The molecule has 2 aromatic carbocycles. The van der Waals surface area contributed by atoms with Gasteiger partial charge in [-0.2, -0.15) is 13.2 Å². The highest BCUT2D eigenvalue weighted by molar-refractivity contribution is 8.23. The minimum absolute atomic E-state index is 0.0512. The van der Waals surface area contributed by atoms with Gasteiger partial charge in [-0.1, -0.05) is 16.8 Å². The Hall–Kier alpha value is -2.69. The van der Waals surface area contributed by atoms with Crippen LogP contribution in [-0.4, -0.2) is 33.3 Å². The molecule has 10 heteroatoms. The zero-order valence-electron chi connectivity index (χ0n) is 16.1. The third-order valence-electron chi connectivity index (χ3n) is 4.64. The first-order valence-electron chi connectivity index (χ1n) is 8.78. The van der Waals surface area contributed by atoms with Crippen LogP contribution in [0.1, 0.15) is 17.5 Å². The standard InChI is InChI=1S/C20H20F3NO5S/c1-28-15-7-8-18-17(11-15)13(6-9-19(25)29-2)12-24(18)30(26,27)16-5-3-4-14(10-16)20(21,22)23/h3-5,7-8,10-12,26-27H,6,9H2,1-2H3. The van der Waals surface area contributed by atoms with Gasteiger partial charge in [-0.3, -0.25) is 13.9 Å². The van der Waals surface area contributed by atoms with Crippen molar-refractivity contribution in [1.82, 2.24) is 3.97 Å². The van der Waals surface area contributed by atoms with Crippen LogP contribution < -0.4 is 4.74 Å². The summed E-state index contributed by atoms with van der Waals surface area (Å²) in [5, 5.41) is 0.588. The molecule has 1 aromatic heterocycles. The molecule has 3 rings (SSSR count). The number of nitrogens with zero attached hydrogens (tertiary/aromatic N) is 1. The minimum atomic E-state index is -4.62. The third kappa shape index (κ3) is 4.25. The molecule has 0 aliphatic heterocycles. The number of benzene rings is 2. The quantitative estimate of drug-likeness (QED) is 0.502. The Labute approximate surface area is 172 Å². The van der Waals surface area contributed by atoms with Crippen molar-refractivity contribution in [2.75, 3.05) is 14.2 Å². The van der Waals surface area contributed by atoms with E-state index < -0.39 is 28.5 Å². The van der Waals surface area contributed by atoms with E-state index in [1.807, 2.05) is 0 Å². The summed E-state index contributed by atoms with van der Waals surface area (Å²) < 4.78 is 72.1. The number of methoxy groups -OCH3 is 2. The number of alkyl halides is 3. The summed E-state index contributed by atoms with van der Waals surface area (Å²) in [5.41, 5.74) is -0.00153. The van der Waals surface area contributed by atoms with Gasteiger partial charge in [-0.15, -0.1) is 0 Å². The zero-order valence-corrected chi connectivity index (χ0v) is 17.0. The molecule has 6 nitrogen and oxygen atoms in total. The van der Waals surface area contributed by atoms with Crippen LogP contribution in [0.2, 0.25) is 0 Å². The van der Waals surface area contributed by atoms with E-state index in [1.165, 1.54) is 26.5 Å². The second kappa shape index (κ2) is 8.21. The summed E-state index contributed by atoms with van der Waals surface area (Å²) in [4.78, 5) is 11.3. The van der Waals surface area contributed by atoms with Crippen LogP contribution in [0, 0.1) is 0 Å². The normalized spacial score (nSPS) is 12.8. The van der Waals surface area contributed by atoms with Crippen molar-refractivity contribution in [2.45, 2.75) is 23.9 Å². The largest absolute Gasteiger partial charge is 0.497 e. The molecular weight excluding hydrogens is 423 g/mol. The van der Waals surface area contributed by atoms with Gasteiger partial charge in [0.25, 0.3) is 0 Å². The summed E-state index contributed by atoms with van der Waals surface area (Å²) in [6.45, 7) is 0. The second-order valence-corrected chi connectivity index (χ2v) is 8.39. The molecule has 0 fully saturated rings. The number of hydrogen-bond acceptors (Lipinski definition) is 5. The molecule has 0 amide bonds. The van der Waals surface area contributed by atoms with Gasteiger partial charge in [0.05, 0.1) is 30.2 Å². The van der Waals surface area contributed by atoms with E-state index in [4.69, 9.17) is 4.74 Å². The maximum absolute atomic E-state index is 13.1. The number of hydrogen-bond donors (Lipinski definition) is 2. The predicted molar refractivity (Wildman–Crippen MR) is 107 cm³/mol. The summed E-state index contributed by atoms with van der Waals surface area (Å²) in [6.07, 6.45) is -2.90. The van der Waals surface area contributed by atoms with E-state index in [9.17, 15) is 27.1 Å². The molecule has 0 spiro atoms. The summed E-state index contributed by atoms with van der Waals surface area (Å²) >= 11 is 0. The highest BCUT2D eigenvalue weighted by atomic mass is 32.3. The van der Waals surface area contributed by atoms with Crippen LogP contribution in [-0.2, 0) is 22.1 Å². The first kappa shape index (κ1) is 22.0. The maximum Gasteiger partial charge on any atom is 0.416 e. The van der Waals surface area contributed by atoms with E-state index in [0.29, 0.717) is 22.2 Å². The van der Waals surface area contributed by atoms with Gasteiger partial charge in [-0.05, 0) is 48.4 Å². The van der Waals surface area contributed by atoms with Crippen LogP contribution in [0.15, 0.2) is 53.6 Å². The SMILES string of the molecule is COC(=O)CCc1cn(S(O)(O)c2cccc(C(F)(F)F)c2)c2ccc(OC)cc12. The highest BCUT2D eigenvalue weighted by Gasteiger charge is 2.32. The molecular formula is C20H20F3NO5S. The fourth-order valence-corrected chi connectivity index (χ4v) is 4.56. The van der Waals surface area contributed by atoms with Crippen LogP contribution in [0.5, 0.6) is 5.75 Å². The molecule has 3 aromatic rings. The number of aromatic nitrogens is 1. The Morgan fingerprint density at radius 1 is 1.13 bits per heavy atom. The Kier molecular flexibility index (Phi) is 6.02. The molecule has 0 aliphatic carbocycles. The van der Waals surface area contributed by atoms with E-state index >= 15 is 0 Å². The number of rotatable bonds is 6. The average molecular weight is 443 g/mol. The van der Waals surface area contributed by atoms with Crippen molar-refractivity contribution in [3.8, 4) is 5.75 Å². The molecule has 1 heterocycles. The Bertz CT molecular complexity index is 1080. The molecule has 0 atom stereocenters. The fourth-order valence-electron chi connectivity index (χ4n) is 3.08. The lowest BCUT2D eigenvalue weighted by molar-refractivity contribution is -0.140. The minimum Gasteiger partial charge on any atom is -0.497 e. The summed E-state index contributed by atoms with van der Waals surface area (Å²) in [7, 11) is -1.09. The van der Waals surface area contributed by atoms with Gasteiger partial charge >= 0.3 is 12.1 Å². The smallest absolute Gasteiger partial charge is 0.416 e. The topological polar surface area (TPSA) is 80.9 Å². The van der Waals surface area contributed by atoms with E-state index in [-0.39, 0.29) is 17.7 Å². The number of carbonyl (C=O) groups is 1. The Morgan fingerprint density at radius 3 is 2.50 bits per heavy atom. The van der Waals surface area contributed by atoms with Crippen molar-refractivity contribution in [3.05, 3.63) is 59.8 Å². The summed E-state index contributed by atoms with van der Waals surface area (Å²) in [5.74, 6) is 0.0680. The number of esters is 1. The third-order valence-corrected chi connectivity index (χ3v) is 6.38. The molecule has 0 bridgehead atoms. The molecule has 2 N–H and O–H groups in total. The van der Waals surface area contributed by atoms with Crippen LogP contribution in [0.3, 0.4) is 0 Å². The first-order chi connectivity index (χ1) is 14.1. The van der Waals surface area contributed by atoms with Gasteiger partial charge in [-0.25, -0.2) is 3.97 Å². The number of aryl methyl sites for hydroxylation is 1. The van der Waals surface area contributed by atoms with Crippen molar-refractivity contribution in [1.29, 1.82) is 0 Å². The van der Waals surface area contributed by atoms with Gasteiger partial charge in [0.1, 0.15) is 5.75 Å². The zero-order chi connectivity index (χ0) is 22.1. The second-order valence-electron chi connectivity index (χ2n) is 6.48. The van der Waals surface area contributed by atoms with Crippen molar-refractivity contribution in [2.24, 2.45) is 0 Å². The lowest BCUT2D eigenvalue weighted by Crippen LogP contribution is -2.11. The van der Waals surface area contributed by atoms with E-state index in [1.54, 1.807) is 18.2 Å². The number of fused-ring (bicyclic) bond motifs is 1. The Morgan fingerprint density at radius 2 is 1.87 bits per heavy atom. The predicted octanol–water partition coefficient (Wildman–Crippen LogP) is 5.35. The van der Waals surface area contributed by atoms with Gasteiger partial charge in [0.15, 0.2) is 0 Å². The average Bonchev–Trinajstić information content (AvgIpc) is 3.10. The molecule has 30 heavy (non-hydrogen) atoms. The molecule has 0 saturated heterocycles. The molecule has 0 aliphatic rings. The van der Waals surface area contributed by atoms with Crippen molar-refractivity contribution >= 4 is 27.6 Å². The van der Waals surface area contributed by atoms with Gasteiger partial charge in [0, 0.05) is 18.0 Å². The molecule has 0 saturated carbocycles. The monoisotopic (exact) mass is 443 g/mol. The lowest BCUT2D eigenvalue weighted by atomic mass is 10.1. The molecule has 0 unspecified atom stereocenters. The van der Waals surface area contributed by atoms with Crippen LogP contribution >= 0.6 is 10.8 Å². The molecule has 0 radical (unpaired) electrons. The Balaban J connectivity index is 2.13. The first-order valence-corrected chi connectivity index (χ1v) is 10.3. The molecule has 162 valence electrons.